The quantitative estimate of drug-likeness (QED) is 0.627. The first-order valence-corrected chi connectivity index (χ1v) is 8.57. The lowest BCUT2D eigenvalue weighted by Gasteiger charge is -2.19. The van der Waals surface area contributed by atoms with Gasteiger partial charge in [-0.05, 0) is 25.1 Å². The molecule has 0 fully saturated rings. The molecule has 0 saturated carbocycles. The van der Waals surface area contributed by atoms with E-state index in [1.807, 2.05) is 11.8 Å². The summed E-state index contributed by atoms with van der Waals surface area (Å²) < 4.78 is 0. The Kier molecular flexibility index (Phi) is 9.86. The summed E-state index contributed by atoms with van der Waals surface area (Å²) in [7, 11) is 0. The summed E-state index contributed by atoms with van der Waals surface area (Å²) in [5.74, 6) is 2.31. The lowest BCUT2D eigenvalue weighted by Crippen LogP contribution is -2.33. The van der Waals surface area contributed by atoms with Crippen LogP contribution in [-0.2, 0) is 5.75 Å². The maximum atomic E-state index is 3.53. The molecule has 19 heavy (non-hydrogen) atoms. The summed E-state index contributed by atoms with van der Waals surface area (Å²) in [6.07, 6.45) is 1.25. The fourth-order valence-corrected chi connectivity index (χ4v) is 2.88. The molecule has 1 aromatic carbocycles. The van der Waals surface area contributed by atoms with Crippen molar-refractivity contribution in [2.45, 2.75) is 26.0 Å². The third-order valence-electron chi connectivity index (χ3n) is 3.13. The monoisotopic (exact) mass is 280 g/mol. The summed E-state index contributed by atoms with van der Waals surface area (Å²) in [6, 6.07) is 10.7. The zero-order valence-corrected chi connectivity index (χ0v) is 13.2. The van der Waals surface area contributed by atoms with Gasteiger partial charge in [-0.3, -0.25) is 0 Å². The molecular weight excluding hydrogens is 252 g/mol. The molecule has 0 unspecified atom stereocenters. The summed E-state index contributed by atoms with van der Waals surface area (Å²) in [6.45, 7) is 10.3. The van der Waals surface area contributed by atoms with Crippen molar-refractivity contribution in [2.75, 3.05) is 38.5 Å². The van der Waals surface area contributed by atoms with Crippen LogP contribution in [0.1, 0.15) is 25.8 Å². The van der Waals surface area contributed by atoms with Gasteiger partial charge in [0, 0.05) is 31.1 Å². The Morgan fingerprint density at radius 2 is 1.84 bits per heavy atom. The van der Waals surface area contributed by atoms with Crippen molar-refractivity contribution in [2.24, 2.45) is 0 Å². The van der Waals surface area contributed by atoms with Gasteiger partial charge < -0.3 is 10.2 Å². The zero-order chi connectivity index (χ0) is 13.8. The van der Waals surface area contributed by atoms with E-state index in [9.17, 15) is 0 Å². The predicted molar refractivity (Wildman–Crippen MR) is 87.9 cm³/mol. The summed E-state index contributed by atoms with van der Waals surface area (Å²) >= 11 is 2.01. The molecule has 2 nitrogen and oxygen atoms in total. The van der Waals surface area contributed by atoms with Crippen molar-refractivity contribution < 1.29 is 0 Å². The van der Waals surface area contributed by atoms with Crippen LogP contribution in [0.4, 0.5) is 0 Å². The molecule has 0 radical (unpaired) electrons. The minimum atomic E-state index is 1.11. The number of hydrogen-bond acceptors (Lipinski definition) is 3. The molecule has 0 amide bonds. The molecule has 108 valence electrons. The van der Waals surface area contributed by atoms with Crippen molar-refractivity contribution >= 4 is 11.8 Å². The van der Waals surface area contributed by atoms with E-state index < -0.39 is 0 Å². The molecule has 0 heterocycles. The Bertz CT molecular complexity index is 303. The molecule has 0 saturated heterocycles. The molecule has 0 aromatic heterocycles. The highest BCUT2D eigenvalue weighted by Crippen LogP contribution is 2.10. The van der Waals surface area contributed by atoms with Crippen LogP contribution in [0.2, 0.25) is 0 Å². The van der Waals surface area contributed by atoms with Crippen LogP contribution < -0.4 is 5.32 Å². The molecule has 0 aliphatic carbocycles. The smallest absolute Gasteiger partial charge is 0.0185 e. The van der Waals surface area contributed by atoms with Gasteiger partial charge in [0.25, 0.3) is 0 Å². The van der Waals surface area contributed by atoms with Crippen molar-refractivity contribution in [3.8, 4) is 0 Å². The Morgan fingerprint density at radius 1 is 1.05 bits per heavy atom. The average Bonchev–Trinajstić information content (AvgIpc) is 2.46. The summed E-state index contributed by atoms with van der Waals surface area (Å²) in [4.78, 5) is 2.50. The number of benzene rings is 1. The SMILES string of the molecule is CCCN(CC)CCNCCSCc1ccccc1. The van der Waals surface area contributed by atoms with Gasteiger partial charge in [-0.15, -0.1) is 0 Å². The highest BCUT2D eigenvalue weighted by atomic mass is 32.2. The van der Waals surface area contributed by atoms with Gasteiger partial charge in [-0.2, -0.15) is 11.8 Å². The Labute approximate surface area is 123 Å². The highest BCUT2D eigenvalue weighted by molar-refractivity contribution is 7.98. The van der Waals surface area contributed by atoms with E-state index in [1.165, 1.54) is 30.8 Å². The lowest BCUT2D eigenvalue weighted by atomic mass is 10.2. The van der Waals surface area contributed by atoms with Crippen molar-refractivity contribution in [1.29, 1.82) is 0 Å². The van der Waals surface area contributed by atoms with Gasteiger partial charge in [-0.25, -0.2) is 0 Å². The van der Waals surface area contributed by atoms with Crippen LogP contribution >= 0.6 is 11.8 Å². The van der Waals surface area contributed by atoms with E-state index in [-0.39, 0.29) is 0 Å². The summed E-state index contributed by atoms with van der Waals surface area (Å²) in [5.41, 5.74) is 1.42. The number of nitrogens with one attached hydrogen (secondary N) is 1. The maximum Gasteiger partial charge on any atom is 0.0185 e. The van der Waals surface area contributed by atoms with Crippen molar-refractivity contribution in [1.82, 2.24) is 10.2 Å². The number of hydrogen-bond donors (Lipinski definition) is 1. The third kappa shape index (κ3) is 8.30. The fourth-order valence-electron chi connectivity index (χ4n) is 2.02. The second kappa shape index (κ2) is 11.3. The van der Waals surface area contributed by atoms with E-state index in [0.29, 0.717) is 0 Å². The highest BCUT2D eigenvalue weighted by Gasteiger charge is 1.99. The van der Waals surface area contributed by atoms with Crippen LogP contribution in [0.3, 0.4) is 0 Å². The second-order valence-corrected chi connectivity index (χ2v) is 5.83. The van der Waals surface area contributed by atoms with E-state index in [0.717, 1.165) is 25.4 Å². The minimum absolute atomic E-state index is 1.11. The molecule has 0 aliphatic heterocycles. The zero-order valence-electron chi connectivity index (χ0n) is 12.4. The molecular formula is C16H28N2S. The first kappa shape index (κ1) is 16.5. The number of likely N-dealkylation sites (N-methyl/N-ethyl adjacent to an activating group) is 1. The molecule has 0 atom stereocenters. The maximum absolute atomic E-state index is 3.53. The van der Waals surface area contributed by atoms with Gasteiger partial charge in [0.05, 0.1) is 0 Å². The van der Waals surface area contributed by atoms with Crippen LogP contribution in [0, 0.1) is 0 Å². The third-order valence-corrected chi connectivity index (χ3v) is 4.16. The predicted octanol–water partition coefficient (Wildman–Crippen LogP) is 3.24. The Morgan fingerprint density at radius 3 is 2.53 bits per heavy atom. The van der Waals surface area contributed by atoms with Gasteiger partial charge in [0.15, 0.2) is 0 Å². The van der Waals surface area contributed by atoms with Gasteiger partial charge >= 0.3 is 0 Å². The van der Waals surface area contributed by atoms with Crippen molar-refractivity contribution in [3.05, 3.63) is 35.9 Å². The molecule has 0 spiro atoms. The van der Waals surface area contributed by atoms with Crippen molar-refractivity contribution in [3.63, 3.8) is 0 Å². The van der Waals surface area contributed by atoms with Gasteiger partial charge in [0.1, 0.15) is 0 Å². The topological polar surface area (TPSA) is 15.3 Å². The molecule has 1 rings (SSSR count). The van der Waals surface area contributed by atoms with Gasteiger partial charge in [-0.1, -0.05) is 44.2 Å². The number of rotatable bonds is 11. The number of nitrogens with zero attached hydrogens (tertiary/aromatic N) is 1. The summed E-state index contributed by atoms with van der Waals surface area (Å²) in [5, 5.41) is 3.53. The van der Waals surface area contributed by atoms with E-state index in [1.54, 1.807) is 0 Å². The Hall–Kier alpha value is -0.510. The average molecular weight is 280 g/mol. The fraction of sp³-hybridized carbons (Fsp3) is 0.625. The first-order chi connectivity index (χ1) is 9.36. The first-order valence-electron chi connectivity index (χ1n) is 7.41. The number of thioether (sulfide) groups is 1. The van der Waals surface area contributed by atoms with Crippen LogP contribution in [0.15, 0.2) is 30.3 Å². The molecule has 0 bridgehead atoms. The minimum Gasteiger partial charge on any atom is -0.315 e. The normalized spacial score (nSPS) is 11.1. The second-order valence-electron chi connectivity index (χ2n) is 4.72. The molecule has 1 aromatic rings. The van der Waals surface area contributed by atoms with E-state index >= 15 is 0 Å². The largest absolute Gasteiger partial charge is 0.315 e. The standard InChI is InChI=1S/C16H28N2S/c1-3-12-18(4-2)13-10-17-11-14-19-15-16-8-6-5-7-9-16/h5-9,17H,3-4,10-15H2,1-2H3. The molecule has 0 aliphatic rings. The molecule has 3 heteroatoms. The van der Waals surface area contributed by atoms with Gasteiger partial charge in [0.2, 0.25) is 0 Å². The van der Waals surface area contributed by atoms with E-state index in [4.69, 9.17) is 0 Å². The van der Waals surface area contributed by atoms with Crippen LogP contribution in [-0.4, -0.2) is 43.4 Å². The van der Waals surface area contributed by atoms with E-state index in [2.05, 4.69) is 54.4 Å². The van der Waals surface area contributed by atoms with Crippen LogP contribution in [0.5, 0.6) is 0 Å². The van der Waals surface area contributed by atoms with Crippen LogP contribution in [0.25, 0.3) is 0 Å². The Balaban J connectivity index is 1.94. The lowest BCUT2D eigenvalue weighted by molar-refractivity contribution is 0.289. The molecule has 1 N–H and O–H groups in total.